The molecule has 0 radical (unpaired) electrons. The first-order valence-electron chi connectivity index (χ1n) is 7.70. The van der Waals surface area contributed by atoms with Gasteiger partial charge in [0.15, 0.2) is 11.5 Å². The summed E-state index contributed by atoms with van der Waals surface area (Å²) in [6.07, 6.45) is 0. The summed E-state index contributed by atoms with van der Waals surface area (Å²) in [5, 5.41) is 5.44. The van der Waals surface area contributed by atoms with Gasteiger partial charge in [-0.3, -0.25) is 0 Å². The molecule has 7 heteroatoms. The van der Waals surface area contributed by atoms with Crippen LogP contribution in [0.2, 0.25) is 0 Å². The Bertz CT molecular complexity index is 688. The van der Waals surface area contributed by atoms with Crippen molar-refractivity contribution in [2.75, 3.05) is 39.8 Å². The Morgan fingerprint density at radius 1 is 0.880 bits per heavy atom. The maximum absolute atomic E-state index is 11.9. The molecule has 0 aliphatic carbocycles. The minimum Gasteiger partial charge on any atom is -0.497 e. The van der Waals surface area contributed by atoms with E-state index in [2.05, 4.69) is 10.6 Å². The summed E-state index contributed by atoms with van der Waals surface area (Å²) in [4.78, 5) is 11.9. The van der Waals surface area contributed by atoms with Crippen LogP contribution < -0.4 is 29.6 Å². The van der Waals surface area contributed by atoms with Crippen molar-refractivity contribution in [3.05, 3.63) is 42.5 Å². The van der Waals surface area contributed by atoms with E-state index in [0.717, 1.165) is 5.75 Å². The highest BCUT2D eigenvalue weighted by molar-refractivity contribution is 5.89. The highest BCUT2D eigenvalue weighted by Gasteiger charge is 2.07. The molecule has 2 aromatic rings. The summed E-state index contributed by atoms with van der Waals surface area (Å²) >= 11 is 0. The SMILES string of the molecule is COc1ccc(OCCNC(=O)Nc2ccc(OC)c(OC)c2)cc1. The van der Waals surface area contributed by atoms with Gasteiger partial charge >= 0.3 is 6.03 Å². The second-order valence-electron chi connectivity index (χ2n) is 4.97. The van der Waals surface area contributed by atoms with Gasteiger partial charge in [0.25, 0.3) is 0 Å². The molecule has 0 aliphatic rings. The third-order valence-electron chi connectivity index (χ3n) is 3.36. The minimum atomic E-state index is -0.328. The van der Waals surface area contributed by atoms with E-state index >= 15 is 0 Å². The first-order chi connectivity index (χ1) is 12.2. The second kappa shape index (κ2) is 9.27. The molecule has 0 heterocycles. The number of urea groups is 1. The van der Waals surface area contributed by atoms with Crippen LogP contribution in [0.15, 0.2) is 42.5 Å². The van der Waals surface area contributed by atoms with Crippen LogP contribution in [0.25, 0.3) is 0 Å². The molecule has 0 bridgehead atoms. The number of benzene rings is 2. The van der Waals surface area contributed by atoms with Gasteiger partial charge in [-0.25, -0.2) is 4.79 Å². The van der Waals surface area contributed by atoms with Crippen molar-refractivity contribution in [1.29, 1.82) is 0 Å². The van der Waals surface area contributed by atoms with Crippen LogP contribution in [0.1, 0.15) is 0 Å². The zero-order chi connectivity index (χ0) is 18.1. The van der Waals surface area contributed by atoms with Crippen LogP contribution >= 0.6 is 0 Å². The molecular formula is C18H22N2O5. The molecule has 0 fully saturated rings. The largest absolute Gasteiger partial charge is 0.497 e. The highest BCUT2D eigenvalue weighted by Crippen LogP contribution is 2.29. The first-order valence-corrected chi connectivity index (χ1v) is 7.70. The standard InChI is InChI=1S/C18H22N2O5/c1-22-14-5-7-15(8-6-14)25-11-10-19-18(21)20-13-4-9-16(23-2)17(12-13)24-3/h4-9,12H,10-11H2,1-3H3,(H2,19,20,21). The van der Waals surface area contributed by atoms with Crippen LogP contribution in [-0.2, 0) is 0 Å². The predicted molar refractivity (Wildman–Crippen MR) is 95.1 cm³/mol. The molecule has 134 valence electrons. The number of methoxy groups -OCH3 is 3. The normalized spacial score (nSPS) is 9.88. The van der Waals surface area contributed by atoms with E-state index in [1.165, 1.54) is 7.11 Å². The summed E-state index contributed by atoms with van der Waals surface area (Å²) in [6, 6.07) is 12.1. The van der Waals surface area contributed by atoms with Gasteiger partial charge < -0.3 is 29.6 Å². The number of carbonyl (C=O) groups excluding carboxylic acids is 1. The Kier molecular flexibility index (Phi) is 6.76. The van der Waals surface area contributed by atoms with Gasteiger partial charge in [0.05, 0.1) is 27.9 Å². The van der Waals surface area contributed by atoms with Crippen molar-refractivity contribution in [2.24, 2.45) is 0 Å². The molecule has 25 heavy (non-hydrogen) atoms. The Balaban J connectivity index is 1.75. The summed E-state index contributed by atoms with van der Waals surface area (Å²) in [5.74, 6) is 2.62. The molecule has 2 amide bonds. The molecule has 0 aromatic heterocycles. The fraction of sp³-hybridized carbons (Fsp3) is 0.278. The van der Waals surface area contributed by atoms with Gasteiger partial charge in [0.2, 0.25) is 0 Å². The van der Waals surface area contributed by atoms with Gasteiger partial charge in [0.1, 0.15) is 18.1 Å². The van der Waals surface area contributed by atoms with Crippen LogP contribution in [-0.4, -0.2) is 40.5 Å². The second-order valence-corrected chi connectivity index (χ2v) is 4.97. The van der Waals surface area contributed by atoms with Gasteiger partial charge in [-0.15, -0.1) is 0 Å². The molecule has 0 spiro atoms. The average Bonchev–Trinajstić information content (AvgIpc) is 2.65. The number of amides is 2. The fourth-order valence-corrected chi connectivity index (χ4v) is 2.09. The van der Waals surface area contributed by atoms with Gasteiger partial charge in [-0.05, 0) is 36.4 Å². The van der Waals surface area contributed by atoms with Crippen molar-refractivity contribution in [2.45, 2.75) is 0 Å². The van der Waals surface area contributed by atoms with Gasteiger partial charge in [-0.2, -0.15) is 0 Å². The average molecular weight is 346 g/mol. The van der Waals surface area contributed by atoms with Crippen molar-refractivity contribution in [3.63, 3.8) is 0 Å². The number of hydrogen-bond donors (Lipinski definition) is 2. The molecule has 2 N–H and O–H groups in total. The van der Waals surface area contributed by atoms with Crippen molar-refractivity contribution in [3.8, 4) is 23.0 Å². The van der Waals surface area contributed by atoms with E-state index in [4.69, 9.17) is 18.9 Å². The molecule has 0 saturated heterocycles. The molecule has 7 nitrogen and oxygen atoms in total. The number of anilines is 1. The first kappa shape index (κ1) is 18.3. The maximum atomic E-state index is 11.9. The number of hydrogen-bond acceptors (Lipinski definition) is 5. The van der Waals surface area contributed by atoms with E-state index in [-0.39, 0.29) is 6.03 Å². The minimum absolute atomic E-state index is 0.328. The third kappa shape index (κ3) is 5.49. The zero-order valence-corrected chi connectivity index (χ0v) is 14.5. The predicted octanol–water partition coefficient (Wildman–Crippen LogP) is 2.91. The van der Waals surface area contributed by atoms with Crippen LogP contribution in [0, 0.1) is 0 Å². The van der Waals surface area contributed by atoms with Crippen LogP contribution in [0.3, 0.4) is 0 Å². The van der Waals surface area contributed by atoms with E-state index in [9.17, 15) is 4.79 Å². The smallest absolute Gasteiger partial charge is 0.319 e. The van der Waals surface area contributed by atoms with E-state index in [1.54, 1.807) is 32.4 Å². The highest BCUT2D eigenvalue weighted by atomic mass is 16.5. The van der Waals surface area contributed by atoms with Crippen molar-refractivity contribution >= 4 is 11.7 Å². The summed E-state index contributed by atoms with van der Waals surface area (Å²) < 4.78 is 21.0. The lowest BCUT2D eigenvalue weighted by Crippen LogP contribution is -2.32. The van der Waals surface area contributed by atoms with Gasteiger partial charge in [-0.1, -0.05) is 0 Å². The van der Waals surface area contributed by atoms with E-state index < -0.39 is 0 Å². The molecular weight excluding hydrogens is 324 g/mol. The Morgan fingerprint density at radius 3 is 2.20 bits per heavy atom. The lowest BCUT2D eigenvalue weighted by molar-refractivity contribution is 0.247. The maximum Gasteiger partial charge on any atom is 0.319 e. The Morgan fingerprint density at radius 2 is 1.56 bits per heavy atom. The van der Waals surface area contributed by atoms with Crippen molar-refractivity contribution < 1.29 is 23.7 Å². The third-order valence-corrected chi connectivity index (χ3v) is 3.36. The number of rotatable bonds is 8. The lowest BCUT2D eigenvalue weighted by atomic mass is 10.3. The fourth-order valence-electron chi connectivity index (χ4n) is 2.09. The van der Waals surface area contributed by atoms with Crippen LogP contribution in [0.5, 0.6) is 23.0 Å². The number of nitrogens with one attached hydrogen (secondary N) is 2. The topological polar surface area (TPSA) is 78.1 Å². The zero-order valence-electron chi connectivity index (χ0n) is 14.5. The molecule has 0 aliphatic heterocycles. The number of carbonyl (C=O) groups is 1. The summed E-state index contributed by atoms with van der Waals surface area (Å²) in [5.41, 5.74) is 0.603. The Labute approximate surface area is 146 Å². The summed E-state index contributed by atoms with van der Waals surface area (Å²) in [6.45, 7) is 0.719. The molecule has 0 atom stereocenters. The lowest BCUT2D eigenvalue weighted by Gasteiger charge is -2.12. The molecule has 0 saturated carbocycles. The van der Waals surface area contributed by atoms with Gasteiger partial charge in [0, 0.05) is 11.8 Å². The monoisotopic (exact) mass is 346 g/mol. The Hall–Kier alpha value is -3.09. The molecule has 0 unspecified atom stereocenters. The summed E-state index contributed by atoms with van der Waals surface area (Å²) in [7, 11) is 4.70. The molecule has 2 rings (SSSR count). The van der Waals surface area contributed by atoms with Crippen LogP contribution in [0.4, 0.5) is 10.5 Å². The van der Waals surface area contributed by atoms with Crippen molar-refractivity contribution in [1.82, 2.24) is 5.32 Å². The van der Waals surface area contributed by atoms with E-state index in [1.807, 2.05) is 24.3 Å². The molecule has 2 aromatic carbocycles. The van der Waals surface area contributed by atoms with E-state index in [0.29, 0.717) is 36.1 Å². The number of ether oxygens (including phenoxy) is 4. The quantitative estimate of drug-likeness (QED) is 0.719.